The third kappa shape index (κ3) is 6.75. The second-order valence-electron chi connectivity index (χ2n) is 16.0. The first-order valence-electron chi connectivity index (χ1n) is 18.4. The minimum Gasteiger partial charge on any atom is -0.478 e. The average Bonchev–Trinajstić information content (AvgIpc) is 3.13. The molecule has 7 aromatic carbocycles. The molecule has 7 rings (SSSR count). The van der Waals surface area contributed by atoms with Gasteiger partial charge in [0.2, 0.25) is 0 Å². The maximum atomic E-state index is 14.1. The second kappa shape index (κ2) is 13.9. The lowest BCUT2D eigenvalue weighted by molar-refractivity contribution is -0.383. The van der Waals surface area contributed by atoms with Crippen molar-refractivity contribution in [3.05, 3.63) is 123 Å². The van der Waals surface area contributed by atoms with Crippen LogP contribution >= 0.6 is 0 Å². The molecule has 0 saturated heterocycles. The van der Waals surface area contributed by atoms with Crippen LogP contribution < -0.4 is 9.47 Å². The number of rotatable bonds is 10. The normalized spacial score (nSPS) is 12.1. The van der Waals surface area contributed by atoms with Crippen molar-refractivity contribution in [3.8, 4) is 23.0 Å². The first-order chi connectivity index (χ1) is 26.1. The van der Waals surface area contributed by atoms with E-state index in [-0.39, 0.29) is 51.1 Å². The minimum absolute atomic E-state index is 0.0217. The monoisotopic (exact) mass is 737 g/mol. The molecule has 0 saturated carbocycles. The van der Waals surface area contributed by atoms with E-state index in [9.17, 15) is 24.8 Å². The molecular weight excluding hydrogens is 695 g/mol. The summed E-state index contributed by atoms with van der Waals surface area (Å²) in [5, 5.41) is 26.9. The number of aromatic carboxylic acids is 1. The molecule has 9 heteroatoms. The zero-order chi connectivity index (χ0) is 39.4. The molecule has 1 N–H and O–H groups in total. The zero-order valence-corrected chi connectivity index (χ0v) is 32.0. The molecule has 280 valence electrons. The van der Waals surface area contributed by atoms with Gasteiger partial charge in [-0.1, -0.05) is 91.3 Å². The van der Waals surface area contributed by atoms with Gasteiger partial charge >= 0.3 is 11.9 Å². The molecular formula is C46H43NO8. The predicted molar refractivity (Wildman–Crippen MR) is 217 cm³/mol. The summed E-state index contributed by atoms with van der Waals surface area (Å²) in [6.45, 7) is 14.8. The number of carbonyl (C=O) groups is 2. The summed E-state index contributed by atoms with van der Waals surface area (Å²) < 4.78 is 19.0. The number of hydrogen-bond acceptors (Lipinski definition) is 7. The minimum atomic E-state index is -1.27. The highest BCUT2D eigenvalue weighted by molar-refractivity contribution is 6.39. The van der Waals surface area contributed by atoms with Crippen LogP contribution in [-0.4, -0.2) is 28.6 Å². The third-order valence-electron chi connectivity index (χ3n) is 10.2. The summed E-state index contributed by atoms with van der Waals surface area (Å²) >= 11 is 0. The SMILES string of the molecule is CCCCOC(=O)c1cc(Oc2ccc(C(C)(C)C)cc2)c2c3cccc4c([N+](=O)[O-])ccc(c5c(Oc6ccc(C(C)(C)C)cc6)cc(C(=O)O)c1c52)c43. The van der Waals surface area contributed by atoms with Crippen molar-refractivity contribution in [3.63, 3.8) is 0 Å². The Kier molecular flexibility index (Phi) is 9.37. The highest BCUT2D eigenvalue weighted by Crippen LogP contribution is 2.52. The van der Waals surface area contributed by atoms with Crippen LogP contribution in [0.25, 0.3) is 43.1 Å². The Labute approximate surface area is 318 Å². The van der Waals surface area contributed by atoms with Crippen LogP contribution in [0.5, 0.6) is 23.0 Å². The highest BCUT2D eigenvalue weighted by Gasteiger charge is 2.30. The Balaban J connectivity index is 1.63. The smallest absolute Gasteiger partial charge is 0.338 e. The van der Waals surface area contributed by atoms with E-state index in [0.29, 0.717) is 55.6 Å². The van der Waals surface area contributed by atoms with Crippen LogP contribution in [-0.2, 0) is 15.6 Å². The van der Waals surface area contributed by atoms with E-state index >= 15 is 0 Å². The van der Waals surface area contributed by atoms with E-state index in [1.807, 2.05) is 61.5 Å². The van der Waals surface area contributed by atoms with Crippen LogP contribution in [0.3, 0.4) is 0 Å². The van der Waals surface area contributed by atoms with Crippen molar-refractivity contribution >= 4 is 60.7 Å². The molecule has 0 spiro atoms. The number of carboxylic acid groups (broad SMARTS) is 1. The van der Waals surface area contributed by atoms with Gasteiger partial charge in [0.1, 0.15) is 23.0 Å². The third-order valence-corrected chi connectivity index (χ3v) is 10.2. The number of ether oxygens (including phenoxy) is 3. The fraction of sp³-hybridized carbons (Fsp3) is 0.261. The predicted octanol–water partition coefficient (Wildman–Crippen LogP) is 12.5. The maximum Gasteiger partial charge on any atom is 0.338 e. The van der Waals surface area contributed by atoms with Crippen molar-refractivity contribution in [2.45, 2.75) is 72.1 Å². The molecule has 0 bridgehead atoms. The van der Waals surface area contributed by atoms with E-state index < -0.39 is 16.9 Å². The number of carboxylic acids is 1. The van der Waals surface area contributed by atoms with Gasteiger partial charge in [0, 0.05) is 33.0 Å². The number of nitro benzene ring substituents is 1. The van der Waals surface area contributed by atoms with Gasteiger partial charge in [0.15, 0.2) is 0 Å². The Bertz CT molecular complexity index is 2610. The van der Waals surface area contributed by atoms with Crippen molar-refractivity contribution in [2.24, 2.45) is 0 Å². The van der Waals surface area contributed by atoms with Crippen LogP contribution in [0.4, 0.5) is 5.69 Å². The molecule has 0 atom stereocenters. The van der Waals surface area contributed by atoms with Crippen molar-refractivity contribution in [1.29, 1.82) is 0 Å². The molecule has 0 aliphatic heterocycles. The van der Waals surface area contributed by atoms with Gasteiger partial charge in [-0.05, 0) is 87.7 Å². The van der Waals surface area contributed by atoms with Gasteiger partial charge in [-0.3, -0.25) is 10.1 Å². The molecule has 0 heterocycles. The lowest BCUT2D eigenvalue weighted by Crippen LogP contribution is -2.11. The molecule has 0 fully saturated rings. The van der Waals surface area contributed by atoms with Gasteiger partial charge in [0.05, 0.1) is 28.0 Å². The van der Waals surface area contributed by atoms with E-state index in [1.54, 1.807) is 18.2 Å². The average molecular weight is 738 g/mol. The van der Waals surface area contributed by atoms with Gasteiger partial charge in [-0.2, -0.15) is 0 Å². The summed E-state index contributed by atoms with van der Waals surface area (Å²) in [5.41, 5.74) is 1.73. The maximum absolute atomic E-state index is 14.1. The summed E-state index contributed by atoms with van der Waals surface area (Å²) in [6, 6.07) is 26.6. The van der Waals surface area contributed by atoms with Gasteiger partial charge in [-0.25, -0.2) is 9.59 Å². The lowest BCUT2D eigenvalue weighted by atomic mass is 9.85. The molecule has 0 radical (unpaired) electrons. The van der Waals surface area contributed by atoms with E-state index in [4.69, 9.17) is 14.2 Å². The second-order valence-corrected chi connectivity index (χ2v) is 16.0. The van der Waals surface area contributed by atoms with E-state index in [1.165, 1.54) is 18.2 Å². The van der Waals surface area contributed by atoms with Gasteiger partial charge in [0.25, 0.3) is 5.69 Å². The van der Waals surface area contributed by atoms with Crippen LogP contribution in [0, 0.1) is 10.1 Å². The Hall–Kier alpha value is -6.22. The number of fused-ring (bicyclic) bond motifs is 2. The first kappa shape index (κ1) is 37.1. The number of non-ortho nitro benzene ring substituents is 1. The molecule has 9 nitrogen and oxygen atoms in total. The van der Waals surface area contributed by atoms with Gasteiger partial charge < -0.3 is 19.3 Å². The Morgan fingerprint density at radius 2 is 1.16 bits per heavy atom. The summed E-state index contributed by atoms with van der Waals surface area (Å²) in [5.74, 6) is -0.558. The number of hydrogen-bond donors (Lipinski definition) is 1. The van der Waals surface area contributed by atoms with Crippen molar-refractivity contribution in [2.75, 3.05) is 6.61 Å². The number of esters is 1. The Morgan fingerprint density at radius 3 is 1.65 bits per heavy atom. The van der Waals surface area contributed by atoms with Crippen LogP contribution in [0.1, 0.15) is 93.2 Å². The van der Waals surface area contributed by atoms with Crippen LogP contribution in [0.2, 0.25) is 0 Å². The molecule has 0 amide bonds. The van der Waals surface area contributed by atoms with Gasteiger partial charge in [-0.15, -0.1) is 0 Å². The first-order valence-corrected chi connectivity index (χ1v) is 18.4. The molecule has 0 aliphatic rings. The quantitative estimate of drug-likeness (QED) is 0.0367. The van der Waals surface area contributed by atoms with Crippen LogP contribution in [0.15, 0.2) is 91.0 Å². The summed E-state index contributed by atoms with van der Waals surface area (Å²) in [7, 11) is 0. The lowest BCUT2D eigenvalue weighted by Gasteiger charge is -2.23. The van der Waals surface area contributed by atoms with Crippen molar-refractivity contribution in [1.82, 2.24) is 0 Å². The number of unbranched alkanes of at least 4 members (excludes halogenated alkanes) is 1. The Morgan fingerprint density at radius 1 is 0.655 bits per heavy atom. The molecule has 0 aliphatic carbocycles. The fourth-order valence-electron chi connectivity index (χ4n) is 7.27. The summed E-state index contributed by atoms with van der Waals surface area (Å²) in [4.78, 5) is 39.3. The zero-order valence-electron chi connectivity index (χ0n) is 32.0. The number of carbonyl (C=O) groups excluding carboxylic acids is 1. The fourth-order valence-corrected chi connectivity index (χ4v) is 7.27. The van der Waals surface area contributed by atoms with E-state index in [0.717, 1.165) is 17.5 Å². The summed E-state index contributed by atoms with van der Waals surface area (Å²) in [6.07, 6.45) is 1.42. The molecule has 7 aromatic rings. The topological polar surface area (TPSA) is 125 Å². The number of nitrogens with zero attached hydrogens (tertiary/aromatic N) is 1. The number of benzene rings is 7. The van der Waals surface area contributed by atoms with Crippen molar-refractivity contribution < 1.29 is 33.8 Å². The largest absolute Gasteiger partial charge is 0.478 e. The number of nitro groups is 1. The highest BCUT2D eigenvalue weighted by atomic mass is 16.6. The molecule has 55 heavy (non-hydrogen) atoms. The molecule has 0 aromatic heterocycles. The molecule has 0 unspecified atom stereocenters. The van der Waals surface area contributed by atoms with E-state index in [2.05, 4.69) is 41.5 Å². The standard InChI is InChI=1S/C46H43NO8/c1-8-9-23-53-44(50)34-25-37(55-29-19-15-27(16-20-29)46(5,6)7)40-31-12-10-11-30-35(47(51)52)22-21-32(38(30)31)41-36(24-33(43(48)49)39(34)42(40)41)54-28-17-13-26(14-18-28)45(2,3)4/h10-22,24-25H,8-9,23H2,1-7H3,(H,48,49).